The zero-order valence-electron chi connectivity index (χ0n) is 9.34. The van der Waals surface area contributed by atoms with Gasteiger partial charge in [-0.25, -0.2) is 0 Å². The van der Waals surface area contributed by atoms with Crippen LogP contribution in [0.2, 0.25) is 0 Å². The van der Waals surface area contributed by atoms with Gasteiger partial charge in [-0.3, -0.25) is 19.3 Å². The highest BCUT2D eigenvalue weighted by atomic mass is 16.2. The summed E-state index contributed by atoms with van der Waals surface area (Å²) in [5.74, 6) is -0.723. The summed E-state index contributed by atoms with van der Waals surface area (Å²) in [4.78, 5) is 35.6. The number of carbonyl (C=O) groups excluding carboxylic acids is 3. The lowest BCUT2D eigenvalue weighted by atomic mass is 10.1. The van der Waals surface area contributed by atoms with E-state index in [4.69, 9.17) is 0 Å². The summed E-state index contributed by atoms with van der Waals surface area (Å²) < 4.78 is 0. The van der Waals surface area contributed by atoms with Crippen LogP contribution in [0.25, 0.3) is 0 Å². The van der Waals surface area contributed by atoms with E-state index in [-0.39, 0.29) is 24.1 Å². The standard InChI is InChI=1S/C13H11NO3/c1-9(15)5-4-8-14-12(16)10-6-2-3-7-11(10)13(14)17/h2-7H,8H2,1H3/b5-4+. The van der Waals surface area contributed by atoms with E-state index in [1.807, 2.05) is 0 Å². The summed E-state index contributed by atoms with van der Waals surface area (Å²) in [6.45, 7) is 1.55. The van der Waals surface area contributed by atoms with Crippen molar-refractivity contribution in [2.75, 3.05) is 6.54 Å². The fourth-order valence-corrected chi connectivity index (χ4v) is 1.73. The van der Waals surface area contributed by atoms with E-state index >= 15 is 0 Å². The number of hydrogen-bond acceptors (Lipinski definition) is 3. The Bertz CT molecular complexity index is 496. The van der Waals surface area contributed by atoms with Gasteiger partial charge in [-0.05, 0) is 25.1 Å². The average Bonchev–Trinajstić information content (AvgIpc) is 2.54. The highest BCUT2D eigenvalue weighted by Crippen LogP contribution is 2.21. The molecule has 1 heterocycles. The van der Waals surface area contributed by atoms with E-state index in [0.29, 0.717) is 11.1 Å². The molecule has 0 bridgehead atoms. The topological polar surface area (TPSA) is 54.5 Å². The van der Waals surface area contributed by atoms with Crippen LogP contribution in [0.5, 0.6) is 0 Å². The minimum absolute atomic E-state index is 0.110. The SMILES string of the molecule is CC(=O)/C=C/CN1C(=O)c2ccccc2C1=O. The Morgan fingerprint density at radius 1 is 1.18 bits per heavy atom. The van der Waals surface area contributed by atoms with Gasteiger partial charge in [-0.15, -0.1) is 0 Å². The first-order valence-electron chi connectivity index (χ1n) is 5.23. The molecule has 0 aliphatic carbocycles. The fourth-order valence-electron chi connectivity index (χ4n) is 1.73. The molecule has 0 unspecified atom stereocenters. The van der Waals surface area contributed by atoms with Crippen molar-refractivity contribution in [1.29, 1.82) is 0 Å². The molecule has 0 fully saturated rings. The Morgan fingerprint density at radius 2 is 1.71 bits per heavy atom. The van der Waals surface area contributed by atoms with Crippen LogP contribution < -0.4 is 0 Å². The van der Waals surface area contributed by atoms with Crippen LogP contribution in [-0.2, 0) is 4.79 Å². The zero-order chi connectivity index (χ0) is 12.4. The molecule has 1 aliphatic heterocycles. The highest BCUT2D eigenvalue weighted by molar-refractivity contribution is 6.21. The fraction of sp³-hybridized carbons (Fsp3) is 0.154. The lowest BCUT2D eigenvalue weighted by molar-refractivity contribution is -0.112. The molecule has 0 aromatic heterocycles. The number of imide groups is 1. The Balaban J connectivity index is 2.22. The van der Waals surface area contributed by atoms with Crippen molar-refractivity contribution >= 4 is 17.6 Å². The molecule has 1 aliphatic rings. The molecule has 0 saturated carbocycles. The van der Waals surface area contributed by atoms with Crippen LogP contribution in [0.4, 0.5) is 0 Å². The first kappa shape index (κ1) is 11.3. The first-order valence-corrected chi connectivity index (χ1v) is 5.23. The maximum atomic E-state index is 11.9. The van der Waals surface area contributed by atoms with E-state index in [9.17, 15) is 14.4 Å². The van der Waals surface area contributed by atoms with Crippen LogP contribution in [0.3, 0.4) is 0 Å². The molecule has 1 aromatic carbocycles. The van der Waals surface area contributed by atoms with Crippen molar-refractivity contribution in [3.63, 3.8) is 0 Å². The summed E-state index contributed by atoms with van der Waals surface area (Å²) in [6, 6.07) is 6.70. The second-order valence-electron chi connectivity index (χ2n) is 3.78. The summed E-state index contributed by atoms with van der Waals surface area (Å²) in [5.41, 5.74) is 0.849. The van der Waals surface area contributed by atoms with Gasteiger partial charge in [0.2, 0.25) is 0 Å². The number of rotatable bonds is 3. The molecular weight excluding hydrogens is 218 g/mol. The van der Waals surface area contributed by atoms with Gasteiger partial charge in [0.25, 0.3) is 11.8 Å². The van der Waals surface area contributed by atoms with Crippen molar-refractivity contribution < 1.29 is 14.4 Å². The monoisotopic (exact) mass is 229 g/mol. The number of nitrogens with zero attached hydrogens (tertiary/aromatic N) is 1. The van der Waals surface area contributed by atoms with E-state index in [0.717, 1.165) is 4.90 Å². The Morgan fingerprint density at radius 3 is 2.18 bits per heavy atom. The lowest BCUT2D eigenvalue weighted by Gasteiger charge is -2.09. The number of fused-ring (bicyclic) bond motifs is 1. The van der Waals surface area contributed by atoms with Gasteiger partial charge < -0.3 is 0 Å². The summed E-state index contributed by atoms with van der Waals surface area (Å²) >= 11 is 0. The molecule has 0 radical (unpaired) electrons. The van der Waals surface area contributed by atoms with Gasteiger partial charge >= 0.3 is 0 Å². The molecular formula is C13H11NO3. The molecule has 0 N–H and O–H groups in total. The molecule has 2 amide bonds. The predicted molar refractivity (Wildman–Crippen MR) is 61.6 cm³/mol. The third-order valence-corrected chi connectivity index (χ3v) is 2.52. The molecule has 0 atom stereocenters. The Labute approximate surface area is 98.5 Å². The Hall–Kier alpha value is -2.23. The number of ketones is 1. The van der Waals surface area contributed by atoms with Crippen molar-refractivity contribution in [2.45, 2.75) is 6.92 Å². The van der Waals surface area contributed by atoms with Crippen molar-refractivity contribution in [2.24, 2.45) is 0 Å². The van der Waals surface area contributed by atoms with Crippen LogP contribution in [0, 0.1) is 0 Å². The van der Waals surface area contributed by atoms with E-state index in [1.165, 1.54) is 19.1 Å². The van der Waals surface area contributed by atoms with Gasteiger partial charge in [0.1, 0.15) is 0 Å². The molecule has 17 heavy (non-hydrogen) atoms. The first-order chi connectivity index (χ1) is 8.11. The molecule has 4 heteroatoms. The molecule has 0 spiro atoms. The Kier molecular flexibility index (Phi) is 2.87. The molecule has 1 aromatic rings. The van der Waals surface area contributed by atoms with Crippen molar-refractivity contribution in [3.8, 4) is 0 Å². The van der Waals surface area contributed by atoms with Crippen LogP contribution in [-0.4, -0.2) is 29.0 Å². The van der Waals surface area contributed by atoms with Gasteiger partial charge in [-0.1, -0.05) is 18.2 Å². The normalized spacial score (nSPS) is 14.5. The van der Waals surface area contributed by atoms with Crippen LogP contribution >= 0.6 is 0 Å². The van der Waals surface area contributed by atoms with Gasteiger partial charge in [0, 0.05) is 6.54 Å². The van der Waals surface area contributed by atoms with Crippen LogP contribution in [0.15, 0.2) is 36.4 Å². The summed E-state index contributed by atoms with van der Waals surface area (Å²) in [7, 11) is 0. The summed E-state index contributed by atoms with van der Waals surface area (Å²) in [6.07, 6.45) is 2.87. The molecule has 86 valence electrons. The smallest absolute Gasteiger partial charge is 0.261 e. The van der Waals surface area contributed by atoms with Crippen molar-refractivity contribution in [1.82, 2.24) is 4.90 Å². The second-order valence-corrected chi connectivity index (χ2v) is 3.78. The third-order valence-electron chi connectivity index (χ3n) is 2.52. The van der Waals surface area contributed by atoms with E-state index in [2.05, 4.69) is 0 Å². The zero-order valence-corrected chi connectivity index (χ0v) is 9.34. The van der Waals surface area contributed by atoms with Crippen molar-refractivity contribution in [3.05, 3.63) is 47.5 Å². The van der Waals surface area contributed by atoms with Gasteiger partial charge in [-0.2, -0.15) is 0 Å². The number of carbonyl (C=O) groups is 3. The minimum Gasteiger partial charge on any atom is -0.295 e. The molecule has 0 saturated heterocycles. The molecule has 2 rings (SSSR count). The molecule has 4 nitrogen and oxygen atoms in total. The number of amides is 2. The summed E-state index contributed by atoms with van der Waals surface area (Å²) in [5, 5.41) is 0. The highest BCUT2D eigenvalue weighted by Gasteiger charge is 2.33. The largest absolute Gasteiger partial charge is 0.295 e. The van der Waals surface area contributed by atoms with Gasteiger partial charge in [0.15, 0.2) is 5.78 Å². The maximum absolute atomic E-state index is 11.9. The number of hydrogen-bond donors (Lipinski definition) is 0. The minimum atomic E-state index is -0.307. The van der Waals surface area contributed by atoms with Gasteiger partial charge in [0.05, 0.1) is 11.1 Å². The predicted octanol–water partition coefficient (Wildman–Crippen LogP) is 1.43. The lowest BCUT2D eigenvalue weighted by Crippen LogP contribution is -2.29. The quantitative estimate of drug-likeness (QED) is 0.582. The maximum Gasteiger partial charge on any atom is 0.261 e. The van der Waals surface area contributed by atoms with E-state index in [1.54, 1.807) is 24.3 Å². The number of benzene rings is 1. The average molecular weight is 229 g/mol. The number of allylic oxidation sites excluding steroid dienone is 1. The second kappa shape index (κ2) is 4.33. The van der Waals surface area contributed by atoms with Crippen LogP contribution in [0.1, 0.15) is 27.6 Å². The third kappa shape index (κ3) is 2.01. The van der Waals surface area contributed by atoms with E-state index < -0.39 is 0 Å².